The van der Waals surface area contributed by atoms with Crippen LogP contribution in [0.5, 0.6) is 0 Å². The Bertz CT molecular complexity index is 581. The van der Waals surface area contributed by atoms with Gasteiger partial charge in [0.1, 0.15) is 4.60 Å². The summed E-state index contributed by atoms with van der Waals surface area (Å²) in [5.41, 5.74) is 1.33. The first-order chi connectivity index (χ1) is 13.3. The molecule has 150 valence electrons. The van der Waals surface area contributed by atoms with Gasteiger partial charge in [0.2, 0.25) is 0 Å². The number of rotatable bonds is 9. The van der Waals surface area contributed by atoms with Gasteiger partial charge in [-0.3, -0.25) is 0 Å². The van der Waals surface area contributed by atoms with E-state index in [1.807, 2.05) is 6.20 Å². The van der Waals surface area contributed by atoms with E-state index in [9.17, 15) is 0 Å². The first-order valence-electron chi connectivity index (χ1n) is 10.9. The number of hydrogen-bond acceptors (Lipinski definition) is 4. The van der Waals surface area contributed by atoms with E-state index < -0.39 is 0 Å². The van der Waals surface area contributed by atoms with Crippen molar-refractivity contribution in [3.05, 3.63) is 22.9 Å². The van der Waals surface area contributed by atoms with Crippen LogP contribution in [0.25, 0.3) is 0 Å². The lowest BCUT2D eigenvalue weighted by Gasteiger charge is -2.54. The topological polar surface area (TPSA) is 34.6 Å². The Kier molecular flexibility index (Phi) is 7.07. The summed E-state index contributed by atoms with van der Waals surface area (Å²) in [6, 6.07) is 4.30. The van der Waals surface area contributed by atoms with Crippen molar-refractivity contribution >= 4 is 21.6 Å². The molecular weight excluding hydrogens is 404 g/mol. The zero-order valence-corrected chi connectivity index (χ0v) is 17.9. The van der Waals surface area contributed by atoms with E-state index >= 15 is 0 Å². The number of piperidine rings is 2. The maximum atomic E-state index is 5.83. The third-order valence-corrected chi connectivity index (χ3v) is 7.11. The van der Waals surface area contributed by atoms with E-state index in [1.165, 1.54) is 70.1 Å². The van der Waals surface area contributed by atoms with Crippen molar-refractivity contribution in [3.63, 3.8) is 0 Å². The monoisotopic (exact) mass is 436 g/mol. The fourth-order valence-electron chi connectivity index (χ4n) is 5.15. The molecule has 0 radical (unpaired) electrons. The SMILES string of the molecule is Brc1cc(N2CC3C[C@H](C2)C3CCCCCCOC2CCCCO2)ccn1. The van der Waals surface area contributed by atoms with Gasteiger partial charge in [-0.1, -0.05) is 19.3 Å². The van der Waals surface area contributed by atoms with Crippen molar-refractivity contribution in [3.8, 4) is 0 Å². The molecule has 4 fully saturated rings. The van der Waals surface area contributed by atoms with Gasteiger partial charge in [-0.2, -0.15) is 0 Å². The molecule has 3 aliphatic heterocycles. The normalized spacial score (nSPS) is 30.2. The van der Waals surface area contributed by atoms with E-state index in [0.717, 1.165) is 42.0 Å². The molecule has 1 aliphatic carbocycles. The second-order valence-electron chi connectivity index (χ2n) is 8.53. The number of anilines is 1. The Hall–Kier alpha value is -0.650. The van der Waals surface area contributed by atoms with E-state index in [1.54, 1.807) is 0 Å². The second kappa shape index (κ2) is 9.71. The largest absolute Gasteiger partial charge is 0.371 e. The van der Waals surface area contributed by atoms with Crippen LogP contribution in [0.15, 0.2) is 22.9 Å². The number of fused-ring (bicyclic) bond motifs is 2. The fourth-order valence-corrected chi connectivity index (χ4v) is 5.51. The van der Waals surface area contributed by atoms with Crippen LogP contribution >= 0.6 is 15.9 Å². The van der Waals surface area contributed by atoms with Gasteiger partial charge in [0.05, 0.1) is 0 Å². The van der Waals surface area contributed by atoms with Crippen LogP contribution < -0.4 is 4.90 Å². The zero-order chi connectivity index (χ0) is 18.5. The highest BCUT2D eigenvalue weighted by molar-refractivity contribution is 9.10. The van der Waals surface area contributed by atoms with E-state index in [4.69, 9.17) is 9.47 Å². The molecule has 4 heterocycles. The molecule has 5 rings (SSSR count). The summed E-state index contributed by atoms with van der Waals surface area (Å²) in [4.78, 5) is 6.81. The van der Waals surface area contributed by atoms with Gasteiger partial charge in [-0.05, 0) is 84.3 Å². The van der Waals surface area contributed by atoms with Crippen LogP contribution in [0.2, 0.25) is 0 Å². The predicted molar refractivity (Wildman–Crippen MR) is 112 cm³/mol. The minimum Gasteiger partial charge on any atom is -0.371 e. The van der Waals surface area contributed by atoms with Gasteiger partial charge in [0.25, 0.3) is 0 Å². The molecule has 1 aromatic heterocycles. The molecular formula is C22H33BrN2O2. The van der Waals surface area contributed by atoms with Crippen LogP contribution in [0.3, 0.4) is 0 Å². The van der Waals surface area contributed by atoms with Crippen LogP contribution in [0, 0.1) is 17.8 Å². The third kappa shape index (κ3) is 5.24. The predicted octanol–water partition coefficient (Wildman–Crippen LogP) is 5.41. The van der Waals surface area contributed by atoms with Crippen LogP contribution in [-0.4, -0.2) is 37.6 Å². The highest BCUT2D eigenvalue weighted by Gasteiger charge is 2.45. The fraction of sp³-hybridized carbons (Fsp3) is 0.773. The molecule has 3 unspecified atom stereocenters. The van der Waals surface area contributed by atoms with Gasteiger partial charge in [-0.15, -0.1) is 0 Å². The molecule has 1 aromatic rings. The molecule has 3 saturated heterocycles. The summed E-state index contributed by atoms with van der Waals surface area (Å²) in [6.45, 7) is 4.21. The Labute approximate surface area is 172 Å². The van der Waals surface area contributed by atoms with E-state index in [2.05, 4.69) is 37.9 Å². The molecule has 0 spiro atoms. The summed E-state index contributed by atoms with van der Waals surface area (Å²) < 4.78 is 12.4. The zero-order valence-electron chi connectivity index (χ0n) is 16.3. The maximum absolute atomic E-state index is 5.83. The summed E-state index contributed by atoms with van der Waals surface area (Å²) in [5, 5.41) is 0. The highest BCUT2D eigenvalue weighted by Crippen LogP contribution is 2.48. The smallest absolute Gasteiger partial charge is 0.157 e. The second-order valence-corrected chi connectivity index (χ2v) is 9.34. The molecule has 4 atom stereocenters. The number of pyridine rings is 1. The number of nitrogens with zero attached hydrogens (tertiary/aromatic N) is 2. The van der Waals surface area contributed by atoms with Crippen LogP contribution in [0.4, 0.5) is 5.69 Å². The van der Waals surface area contributed by atoms with Crippen molar-refractivity contribution in [1.82, 2.24) is 4.98 Å². The minimum absolute atomic E-state index is 0.0806. The number of ether oxygens (including phenoxy) is 2. The minimum atomic E-state index is 0.0806. The summed E-state index contributed by atoms with van der Waals surface area (Å²) in [7, 11) is 0. The first-order valence-corrected chi connectivity index (χ1v) is 11.7. The van der Waals surface area contributed by atoms with E-state index in [-0.39, 0.29) is 6.29 Å². The number of halogens is 1. The first kappa shape index (κ1) is 19.7. The standard InChI is InChI=1S/C22H33BrN2O2/c23-21-14-19(9-10-24-21)25-15-17-13-18(16-25)20(17)7-3-1-2-5-11-26-22-8-4-6-12-27-22/h9-10,14,17-18,20,22H,1-8,11-13,15-16H2/t17-,18?,20?,22?/m1/s1. The molecule has 27 heavy (non-hydrogen) atoms. The van der Waals surface area contributed by atoms with Crippen molar-refractivity contribution < 1.29 is 9.47 Å². The van der Waals surface area contributed by atoms with Crippen LogP contribution in [0.1, 0.15) is 57.8 Å². The lowest BCUT2D eigenvalue weighted by atomic mass is 9.60. The average molecular weight is 437 g/mol. The molecule has 4 aliphatic rings. The van der Waals surface area contributed by atoms with Crippen molar-refractivity contribution in [2.75, 3.05) is 31.2 Å². The lowest BCUT2D eigenvalue weighted by molar-refractivity contribution is -0.162. The molecule has 5 heteroatoms. The Balaban J connectivity index is 1.08. The average Bonchev–Trinajstić information content (AvgIpc) is 2.71. The Morgan fingerprint density at radius 2 is 2.00 bits per heavy atom. The van der Waals surface area contributed by atoms with Crippen molar-refractivity contribution in [2.45, 2.75) is 64.1 Å². The summed E-state index contributed by atoms with van der Waals surface area (Å²) in [5.74, 6) is 2.78. The molecule has 0 aromatic carbocycles. The number of unbranched alkanes of at least 4 members (excludes halogenated alkanes) is 3. The quantitative estimate of drug-likeness (QED) is 0.382. The van der Waals surface area contributed by atoms with Gasteiger partial charge < -0.3 is 14.4 Å². The van der Waals surface area contributed by atoms with E-state index in [0.29, 0.717) is 0 Å². The molecule has 4 nitrogen and oxygen atoms in total. The van der Waals surface area contributed by atoms with Crippen LogP contribution in [-0.2, 0) is 9.47 Å². The number of aromatic nitrogens is 1. The van der Waals surface area contributed by atoms with Crippen molar-refractivity contribution in [1.29, 1.82) is 0 Å². The molecule has 2 bridgehead atoms. The van der Waals surface area contributed by atoms with Gasteiger partial charge in [-0.25, -0.2) is 4.98 Å². The van der Waals surface area contributed by atoms with Gasteiger partial charge >= 0.3 is 0 Å². The van der Waals surface area contributed by atoms with Gasteiger partial charge in [0.15, 0.2) is 6.29 Å². The van der Waals surface area contributed by atoms with Gasteiger partial charge in [0, 0.05) is 38.2 Å². The number of hydrogen-bond donors (Lipinski definition) is 0. The Morgan fingerprint density at radius 3 is 2.78 bits per heavy atom. The Morgan fingerprint density at radius 1 is 1.15 bits per heavy atom. The molecule has 0 N–H and O–H groups in total. The third-order valence-electron chi connectivity index (χ3n) is 6.68. The summed E-state index contributed by atoms with van der Waals surface area (Å²) in [6.07, 6.45) is 13.6. The van der Waals surface area contributed by atoms with Crippen molar-refractivity contribution in [2.24, 2.45) is 17.8 Å². The highest BCUT2D eigenvalue weighted by atomic mass is 79.9. The molecule has 0 amide bonds. The lowest BCUT2D eigenvalue weighted by Crippen LogP contribution is -2.55. The molecule has 1 saturated carbocycles. The maximum Gasteiger partial charge on any atom is 0.157 e. The summed E-state index contributed by atoms with van der Waals surface area (Å²) >= 11 is 3.50.